The Hall–Kier alpha value is -3.61. The molecule has 2 aromatic carbocycles. The lowest BCUT2D eigenvalue weighted by Gasteiger charge is -2.21. The fraction of sp³-hybridized carbons (Fsp3) is 0.261. The van der Waals surface area contributed by atoms with Gasteiger partial charge in [0.05, 0.1) is 19.7 Å². The fourth-order valence-corrected chi connectivity index (χ4v) is 3.05. The van der Waals surface area contributed by atoms with Gasteiger partial charge in [0.15, 0.2) is 18.1 Å². The summed E-state index contributed by atoms with van der Waals surface area (Å²) in [6.07, 6.45) is 0. The number of amides is 1. The smallest absolute Gasteiger partial charge is 0.357 e. The number of pyridine rings is 1. The number of aromatic nitrogens is 1. The van der Waals surface area contributed by atoms with Crippen molar-refractivity contribution < 1.29 is 23.8 Å². The fourth-order valence-electron chi connectivity index (χ4n) is 3.05. The van der Waals surface area contributed by atoms with Crippen molar-refractivity contribution in [3.05, 3.63) is 65.9 Å². The van der Waals surface area contributed by atoms with Crippen molar-refractivity contribution in [1.29, 1.82) is 0 Å². The minimum Gasteiger partial charge on any atom is -0.493 e. The van der Waals surface area contributed by atoms with E-state index in [2.05, 4.69) is 4.98 Å². The van der Waals surface area contributed by atoms with Gasteiger partial charge in [0, 0.05) is 18.5 Å². The Morgan fingerprint density at radius 2 is 1.73 bits per heavy atom. The van der Waals surface area contributed by atoms with Crippen LogP contribution in [-0.2, 0) is 16.1 Å². The summed E-state index contributed by atoms with van der Waals surface area (Å²) in [7, 11) is 3.13. The maximum Gasteiger partial charge on any atom is 0.357 e. The number of carbonyl (C=O) groups is 2. The second kappa shape index (κ2) is 9.73. The summed E-state index contributed by atoms with van der Waals surface area (Å²) in [5, 5.41) is 0.928. The number of benzene rings is 2. The number of nitrogens with zero attached hydrogens (tertiary/aromatic N) is 2. The molecule has 0 fully saturated rings. The van der Waals surface area contributed by atoms with Crippen molar-refractivity contribution in [3.8, 4) is 11.5 Å². The van der Waals surface area contributed by atoms with Crippen LogP contribution in [0.2, 0.25) is 0 Å². The maximum atomic E-state index is 12.6. The Morgan fingerprint density at radius 3 is 2.47 bits per heavy atom. The molecule has 0 spiro atoms. The first-order valence-corrected chi connectivity index (χ1v) is 9.57. The van der Waals surface area contributed by atoms with Crippen molar-refractivity contribution in [2.45, 2.75) is 13.5 Å². The number of methoxy groups -OCH3 is 2. The van der Waals surface area contributed by atoms with Gasteiger partial charge in [0.2, 0.25) is 0 Å². The van der Waals surface area contributed by atoms with Gasteiger partial charge in [-0.3, -0.25) is 4.79 Å². The van der Waals surface area contributed by atoms with Gasteiger partial charge >= 0.3 is 5.97 Å². The number of para-hydroxylation sites is 1. The molecule has 3 rings (SSSR count). The molecule has 1 amide bonds. The number of fused-ring (bicyclic) bond motifs is 1. The van der Waals surface area contributed by atoms with Crippen LogP contribution in [0.3, 0.4) is 0 Å². The average molecular weight is 408 g/mol. The highest BCUT2D eigenvalue weighted by molar-refractivity contribution is 5.92. The second-order valence-electron chi connectivity index (χ2n) is 6.56. The van der Waals surface area contributed by atoms with E-state index in [4.69, 9.17) is 14.2 Å². The van der Waals surface area contributed by atoms with Gasteiger partial charge < -0.3 is 19.1 Å². The van der Waals surface area contributed by atoms with E-state index in [9.17, 15) is 9.59 Å². The van der Waals surface area contributed by atoms with Crippen molar-refractivity contribution >= 4 is 22.8 Å². The number of esters is 1. The molecule has 0 aliphatic carbocycles. The zero-order chi connectivity index (χ0) is 21.5. The molecule has 0 aliphatic rings. The molecule has 7 heteroatoms. The van der Waals surface area contributed by atoms with Crippen molar-refractivity contribution in [3.63, 3.8) is 0 Å². The van der Waals surface area contributed by atoms with E-state index in [1.807, 2.05) is 43.3 Å². The van der Waals surface area contributed by atoms with Crippen LogP contribution in [0, 0.1) is 0 Å². The van der Waals surface area contributed by atoms with Gasteiger partial charge in [-0.15, -0.1) is 0 Å². The average Bonchev–Trinajstić information content (AvgIpc) is 2.80. The first-order valence-electron chi connectivity index (χ1n) is 9.57. The van der Waals surface area contributed by atoms with Crippen molar-refractivity contribution in [2.75, 3.05) is 27.4 Å². The predicted octanol–water partition coefficient (Wildman–Crippen LogP) is 3.46. The van der Waals surface area contributed by atoms with Crippen molar-refractivity contribution in [1.82, 2.24) is 9.88 Å². The summed E-state index contributed by atoms with van der Waals surface area (Å²) in [4.78, 5) is 30.8. The minimum atomic E-state index is -0.628. The third kappa shape index (κ3) is 4.86. The Balaban J connectivity index is 1.62. The van der Waals surface area contributed by atoms with Gasteiger partial charge in [-0.25, -0.2) is 9.78 Å². The topological polar surface area (TPSA) is 78.0 Å². The first-order chi connectivity index (χ1) is 14.5. The summed E-state index contributed by atoms with van der Waals surface area (Å²) in [6.45, 7) is 2.35. The predicted molar refractivity (Wildman–Crippen MR) is 113 cm³/mol. The van der Waals surface area contributed by atoms with E-state index in [1.54, 1.807) is 37.3 Å². The zero-order valence-corrected chi connectivity index (χ0v) is 17.3. The Kier molecular flexibility index (Phi) is 6.85. The molecule has 0 saturated heterocycles. The molecular weight excluding hydrogens is 384 g/mol. The molecule has 1 heterocycles. The van der Waals surface area contributed by atoms with Crippen LogP contribution < -0.4 is 9.47 Å². The molecule has 7 nitrogen and oxygen atoms in total. The highest BCUT2D eigenvalue weighted by atomic mass is 16.5. The number of rotatable bonds is 8. The van der Waals surface area contributed by atoms with Crippen LogP contribution in [-0.4, -0.2) is 49.1 Å². The number of ether oxygens (including phenoxy) is 3. The Bertz CT molecular complexity index is 1050. The molecule has 0 bridgehead atoms. The summed E-state index contributed by atoms with van der Waals surface area (Å²) >= 11 is 0. The molecule has 156 valence electrons. The summed E-state index contributed by atoms with van der Waals surface area (Å²) < 4.78 is 15.7. The monoisotopic (exact) mass is 408 g/mol. The highest BCUT2D eigenvalue weighted by Crippen LogP contribution is 2.28. The van der Waals surface area contributed by atoms with E-state index in [0.717, 1.165) is 10.9 Å². The largest absolute Gasteiger partial charge is 0.493 e. The van der Waals surface area contributed by atoms with Gasteiger partial charge in [0.25, 0.3) is 5.91 Å². The van der Waals surface area contributed by atoms with E-state index in [0.29, 0.717) is 30.1 Å². The SMILES string of the molecule is CCN(Cc1ccc(OC)c(OC)c1)C(=O)COC(=O)c1ccc2ccccc2n1. The Labute approximate surface area is 175 Å². The first kappa shape index (κ1) is 21.1. The molecule has 3 aromatic rings. The van der Waals surface area contributed by atoms with E-state index in [-0.39, 0.29) is 18.2 Å². The molecule has 0 saturated carbocycles. The molecule has 0 N–H and O–H groups in total. The minimum absolute atomic E-state index is 0.171. The maximum absolute atomic E-state index is 12.6. The van der Waals surface area contributed by atoms with Crippen LogP contribution in [0.5, 0.6) is 11.5 Å². The van der Waals surface area contributed by atoms with Gasteiger partial charge in [-0.1, -0.05) is 30.3 Å². The normalized spacial score (nSPS) is 10.5. The number of likely N-dealkylation sites (N-methyl/N-ethyl adjacent to an activating group) is 1. The standard InChI is InChI=1S/C23H24N2O5/c1-4-25(14-16-9-12-20(28-2)21(13-16)29-3)22(26)15-30-23(27)19-11-10-17-7-5-6-8-18(17)24-19/h5-13H,4,14-15H2,1-3H3. The molecule has 0 radical (unpaired) electrons. The lowest BCUT2D eigenvalue weighted by molar-refractivity contribution is -0.134. The quantitative estimate of drug-likeness (QED) is 0.531. The van der Waals surface area contributed by atoms with Gasteiger partial charge in [-0.2, -0.15) is 0 Å². The van der Waals surface area contributed by atoms with Gasteiger partial charge in [0.1, 0.15) is 5.69 Å². The lowest BCUT2D eigenvalue weighted by Crippen LogP contribution is -2.34. The summed E-state index contributed by atoms with van der Waals surface area (Å²) in [5.41, 5.74) is 1.75. The summed E-state index contributed by atoms with van der Waals surface area (Å²) in [5.74, 6) is 0.289. The Morgan fingerprint density at radius 1 is 0.967 bits per heavy atom. The zero-order valence-electron chi connectivity index (χ0n) is 17.3. The van der Waals surface area contributed by atoms with Crippen LogP contribution in [0.1, 0.15) is 23.0 Å². The summed E-state index contributed by atoms with van der Waals surface area (Å²) in [6, 6.07) is 16.3. The third-order valence-electron chi connectivity index (χ3n) is 4.69. The third-order valence-corrected chi connectivity index (χ3v) is 4.69. The van der Waals surface area contributed by atoms with E-state index < -0.39 is 5.97 Å². The molecule has 0 aliphatic heterocycles. The van der Waals surface area contributed by atoms with Crippen LogP contribution >= 0.6 is 0 Å². The van der Waals surface area contributed by atoms with Crippen molar-refractivity contribution in [2.24, 2.45) is 0 Å². The number of hydrogen-bond donors (Lipinski definition) is 0. The highest BCUT2D eigenvalue weighted by Gasteiger charge is 2.17. The number of carbonyl (C=O) groups excluding carboxylic acids is 2. The van der Waals surface area contributed by atoms with E-state index >= 15 is 0 Å². The molecule has 0 atom stereocenters. The lowest BCUT2D eigenvalue weighted by atomic mass is 10.2. The molecule has 0 unspecified atom stereocenters. The van der Waals surface area contributed by atoms with Crippen LogP contribution in [0.15, 0.2) is 54.6 Å². The van der Waals surface area contributed by atoms with Crippen LogP contribution in [0.25, 0.3) is 10.9 Å². The second-order valence-corrected chi connectivity index (χ2v) is 6.56. The molecule has 30 heavy (non-hydrogen) atoms. The molecule has 1 aromatic heterocycles. The van der Waals surface area contributed by atoms with E-state index in [1.165, 1.54) is 0 Å². The number of hydrogen-bond acceptors (Lipinski definition) is 6. The molecular formula is C23H24N2O5. The van der Waals surface area contributed by atoms with Gasteiger partial charge in [-0.05, 0) is 36.8 Å². The van der Waals surface area contributed by atoms with Crippen LogP contribution in [0.4, 0.5) is 0 Å².